The Labute approximate surface area is 130 Å². The second-order valence-corrected chi connectivity index (χ2v) is 6.76. The molecule has 1 amide bonds. The first kappa shape index (κ1) is 15.9. The Morgan fingerprint density at radius 1 is 1.14 bits per heavy atom. The van der Waals surface area contributed by atoms with E-state index in [9.17, 15) is 23.3 Å². The quantitative estimate of drug-likeness (QED) is 0.523. The number of nitro benzene ring substituents is 1. The van der Waals surface area contributed by atoms with Gasteiger partial charge in [0.1, 0.15) is 5.69 Å². The number of carbonyl (C=O) groups excluding carboxylic acids is 1. The van der Waals surface area contributed by atoms with E-state index in [1.165, 1.54) is 42.5 Å². The molecule has 0 atom stereocenters. The van der Waals surface area contributed by atoms with Gasteiger partial charge in [0.25, 0.3) is 20.6 Å². The lowest BCUT2D eigenvalue weighted by Gasteiger charge is -2.06. The summed E-state index contributed by atoms with van der Waals surface area (Å²) in [6.45, 7) is 0. The lowest BCUT2D eigenvalue weighted by atomic mass is 10.2. The van der Waals surface area contributed by atoms with Crippen LogP contribution in [0.3, 0.4) is 0 Å². The van der Waals surface area contributed by atoms with Crippen molar-refractivity contribution in [3.63, 3.8) is 0 Å². The van der Waals surface area contributed by atoms with Crippen LogP contribution in [0, 0.1) is 10.1 Å². The highest BCUT2D eigenvalue weighted by Gasteiger charge is 2.17. The van der Waals surface area contributed by atoms with Gasteiger partial charge in [-0.1, -0.05) is 18.2 Å². The first-order chi connectivity index (χ1) is 10.3. The molecule has 1 N–H and O–H groups in total. The average Bonchev–Trinajstić information content (AvgIpc) is 2.47. The van der Waals surface area contributed by atoms with Gasteiger partial charge in [0, 0.05) is 22.3 Å². The summed E-state index contributed by atoms with van der Waals surface area (Å²) in [7, 11) is 1.24. The monoisotopic (exact) mass is 340 g/mol. The van der Waals surface area contributed by atoms with Crippen molar-refractivity contribution in [2.45, 2.75) is 4.90 Å². The van der Waals surface area contributed by atoms with Crippen LogP contribution in [0.25, 0.3) is 0 Å². The van der Waals surface area contributed by atoms with Crippen LogP contribution in [0.5, 0.6) is 0 Å². The van der Waals surface area contributed by atoms with Crippen LogP contribution in [0.15, 0.2) is 53.4 Å². The molecule has 0 aromatic heterocycles. The molecule has 114 valence electrons. The number of anilines is 1. The molecule has 0 aliphatic rings. The van der Waals surface area contributed by atoms with Crippen LogP contribution < -0.4 is 5.32 Å². The summed E-state index contributed by atoms with van der Waals surface area (Å²) in [6, 6.07) is 10.7. The molecule has 0 fully saturated rings. The Morgan fingerprint density at radius 3 is 2.45 bits per heavy atom. The molecule has 7 nitrogen and oxygen atoms in total. The number of hydrogen-bond donors (Lipinski definition) is 1. The van der Waals surface area contributed by atoms with Crippen LogP contribution in [0.4, 0.5) is 11.4 Å². The van der Waals surface area contributed by atoms with Gasteiger partial charge in [0.2, 0.25) is 0 Å². The lowest BCUT2D eigenvalue weighted by molar-refractivity contribution is -0.383. The fourth-order valence-corrected chi connectivity index (χ4v) is 2.52. The summed E-state index contributed by atoms with van der Waals surface area (Å²) < 4.78 is 22.5. The average molecular weight is 341 g/mol. The van der Waals surface area contributed by atoms with Crippen molar-refractivity contribution >= 4 is 37.0 Å². The zero-order valence-corrected chi connectivity index (χ0v) is 12.5. The van der Waals surface area contributed by atoms with E-state index in [-0.39, 0.29) is 21.8 Å². The largest absolute Gasteiger partial charge is 0.316 e. The highest BCUT2D eigenvalue weighted by atomic mass is 35.7. The zero-order chi connectivity index (χ0) is 16.3. The third-order valence-corrected chi connectivity index (χ3v) is 4.08. The molecule has 2 aromatic rings. The smallest absolute Gasteiger partial charge is 0.292 e. The lowest BCUT2D eigenvalue weighted by Crippen LogP contribution is -2.13. The molecule has 22 heavy (non-hydrogen) atoms. The van der Waals surface area contributed by atoms with Crippen molar-refractivity contribution in [1.29, 1.82) is 0 Å². The molecule has 0 spiro atoms. The predicted octanol–water partition coefficient (Wildman–Crippen LogP) is 2.77. The fourth-order valence-electron chi connectivity index (χ4n) is 1.72. The van der Waals surface area contributed by atoms with Crippen molar-refractivity contribution in [3.05, 3.63) is 64.2 Å². The molecule has 2 aromatic carbocycles. The van der Waals surface area contributed by atoms with Gasteiger partial charge in [-0.15, -0.1) is 0 Å². The van der Waals surface area contributed by atoms with Gasteiger partial charge < -0.3 is 5.32 Å². The summed E-state index contributed by atoms with van der Waals surface area (Å²) in [5, 5.41) is 13.3. The molecular weight excluding hydrogens is 332 g/mol. The summed E-state index contributed by atoms with van der Waals surface area (Å²) >= 11 is 0. The highest BCUT2D eigenvalue weighted by Crippen LogP contribution is 2.24. The van der Waals surface area contributed by atoms with Crippen LogP contribution >= 0.6 is 10.7 Å². The van der Waals surface area contributed by atoms with Crippen molar-refractivity contribution in [1.82, 2.24) is 0 Å². The Balaban J connectivity index is 2.33. The number of benzene rings is 2. The number of halogens is 1. The zero-order valence-electron chi connectivity index (χ0n) is 10.9. The van der Waals surface area contributed by atoms with Crippen LogP contribution in [0.1, 0.15) is 10.4 Å². The predicted molar refractivity (Wildman–Crippen MR) is 80.5 cm³/mol. The van der Waals surface area contributed by atoms with E-state index in [1.807, 2.05) is 0 Å². The Morgan fingerprint density at radius 2 is 1.82 bits per heavy atom. The standard InChI is InChI=1S/C13H9ClN2O5S/c14-22(20,21)10-5-3-4-9(8-10)13(17)15-11-6-1-2-7-12(11)16(18)19/h1-8H,(H,15,17). The minimum Gasteiger partial charge on any atom is -0.316 e. The Bertz CT molecular complexity index is 851. The van der Waals surface area contributed by atoms with Crippen molar-refractivity contribution in [3.8, 4) is 0 Å². The molecule has 0 saturated heterocycles. The second kappa shape index (κ2) is 6.12. The topological polar surface area (TPSA) is 106 Å². The van der Waals surface area contributed by atoms with Crippen molar-refractivity contribution in [2.75, 3.05) is 5.32 Å². The number of carbonyl (C=O) groups is 1. The van der Waals surface area contributed by atoms with Crippen LogP contribution in [-0.2, 0) is 9.05 Å². The van der Waals surface area contributed by atoms with E-state index in [0.717, 1.165) is 6.07 Å². The molecule has 0 aliphatic carbocycles. The van der Waals surface area contributed by atoms with Gasteiger partial charge >= 0.3 is 0 Å². The van der Waals surface area contributed by atoms with Gasteiger partial charge in [-0.25, -0.2) is 8.42 Å². The number of amides is 1. The summed E-state index contributed by atoms with van der Waals surface area (Å²) in [5.41, 5.74) is -0.242. The molecule has 0 aliphatic heterocycles. The molecular formula is C13H9ClN2O5S. The maximum absolute atomic E-state index is 12.1. The molecule has 9 heteroatoms. The van der Waals surface area contributed by atoms with Crippen molar-refractivity contribution < 1.29 is 18.1 Å². The number of nitrogens with zero attached hydrogens (tertiary/aromatic N) is 1. The van der Waals surface area contributed by atoms with E-state index in [4.69, 9.17) is 10.7 Å². The molecule has 0 unspecified atom stereocenters. The minimum absolute atomic E-state index is 0.0108. The SMILES string of the molecule is O=C(Nc1ccccc1[N+](=O)[O-])c1cccc(S(=O)(=O)Cl)c1. The van der Waals surface area contributed by atoms with Gasteiger partial charge in [-0.05, 0) is 24.3 Å². The number of nitrogens with one attached hydrogen (secondary N) is 1. The Hall–Kier alpha value is -2.45. The summed E-state index contributed by atoms with van der Waals surface area (Å²) in [4.78, 5) is 22.1. The maximum atomic E-state index is 12.1. The highest BCUT2D eigenvalue weighted by molar-refractivity contribution is 8.13. The van der Waals surface area contributed by atoms with E-state index in [2.05, 4.69) is 5.32 Å². The fraction of sp³-hybridized carbons (Fsp3) is 0. The Kier molecular flexibility index (Phi) is 4.43. The number of rotatable bonds is 4. The van der Waals surface area contributed by atoms with E-state index < -0.39 is 19.9 Å². The van der Waals surface area contributed by atoms with Crippen LogP contribution in [0.2, 0.25) is 0 Å². The molecule has 0 heterocycles. The third-order valence-electron chi connectivity index (χ3n) is 2.73. The third kappa shape index (κ3) is 3.60. The maximum Gasteiger partial charge on any atom is 0.292 e. The van der Waals surface area contributed by atoms with Crippen LogP contribution in [-0.4, -0.2) is 19.2 Å². The van der Waals surface area contributed by atoms with E-state index >= 15 is 0 Å². The number of hydrogen-bond acceptors (Lipinski definition) is 5. The van der Waals surface area contributed by atoms with E-state index in [1.54, 1.807) is 0 Å². The number of para-hydroxylation sites is 2. The first-order valence-corrected chi connectivity index (χ1v) is 8.19. The minimum atomic E-state index is -3.97. The van der Waals surface area contributed by atoms with Gasteiger partial charge in [-0.2, -0.15) is 0 Å². The van der Waals surface area contributed by atoms with E-state index in [0.29, 0.717) is 0 Å². The molecule has 0 radical (unpaired) electrons. The second-order valence-electron chi connectivity index (χ2n) is 4.19. The summed E-state index contributed by atoms with van der Waals surface area (Å²) in [5.74, 6) is -0.684. The summed E-state index contributed by atoms with van der Waals surface area (Å²) in [6.07, 6.45) is 0. The van der Waals surface area contributed by atoms with Gasteiger partial charge in [0.15, 0.2) is 0 Å². The normalized spacial score (nSPS) is 11.0. The number of nitro groups is 1. The van der Waals surface area contributed by atoms with Crippen molar-refractivity contribution in [2.24, 2.45) is 0 Å². The van der Waals surface area contributed by atoms with Gasteiger partial charge in [-0.3, -0.25) is 14.9 Å². The van der Waals surface area contributed by atoms with Gasteiger partial charge in [0.05, 0.1) is 9.82 Å². The molecule has 0 bridgehead atoms. The molecule has 2 rings (SSSR count). The first-order valence-electron chi connectivity index (χ1n) is 5.88. The molecule has 0 saturated carbocycles.